The van der Waals surface area contributed by atoms with Crippen LogP contribution in [-0.2, 0) is 0 Å². The molecule has 196 valence electrons. The van der Waals surface area contributed by atoms with E-state index in [2.05, 4.69) is 156 Å². The van der Waals surface area contributed by atoms with Gasteiger partial charge in [-0.25, -0.2) is 0 Å². The van der Waals surface area contributed by atoms with Gasteiger partial charge in [0.1, 0.15) is 0 Å². The largest absolute Gasteiger partial charge is 0.309 e. The second kappa shape index (κ2) is 9.24. The predicted octanol–water partition coefficient (Wildman–Crippen LogP) is 11.4. The molecule has 7 aromatic carbocycles. The Morgan fingerprint density at radius 1 is 0.381 bits per heavy atom. The minimum absolute atomic E-state index is 1.18. The third-order valence-electron chi connectivity index (χ3n) is 8.60. The van der Waals surface area contributed by atoms with Gasteiger partial charge in [-0.1, -0.05) is 121 Å². The van der Waals surface area contributed by atoms with Crippen molar-refractivity contribution in [2.75, 3.05) is 0 Å². The monoisotopic (exact) mass is 551 g/mol. The molecule has 0 spiro atoms. The quantitative estimate of drug-likeness (QED) is 0.211. The second-order valence-electron chi connectivity index (χ2n) is 10.9. The molecule has 1 aromatic heterocycles. The maximum absolute atomic E-state index is 2.40. The summed E-state index contributed by atoms with van der Waals surface area (Å²) < 4.78 is 2.40. The first kappa shape index (κ1) is 23.6. The van der Waals surface area contributed by atoms with Gasteiger partial charge >= 0.3 is 0 Å². The van der Waals surface area contributed by atoms with E-state index in [1.54, 1.807) is 0 Å². The van der Waals surface area contributed by atoms with Crippen molar-refractivity contribution in [1.82, 2.24) is 4.57 Å². The topological polar surface area (TPSA) is 4.93 Å². The molecule has 0 atom stereocenters. The van der Waals surface area contributed by atoms with Gasteiger partial charge in [-0.3, -0.25) is 0 Å². The zero-order valence-corrected chi connectivity index (χ0v) is 23.6. The molecule has 0 fully saturated rings. The van der Waals surface area contributed by atoms with Crippen molar-refractivity contribution in [1.29, 1.82) is 0 Å². The van der Waals surface area contributed by atoms with Crippen LogP contribution in [0, 0.1) is 0 Å². The van der Waals surface area contributed by atoms with Crippen LogP contribution < -0.4 is 0 Å². The van der Waals surface area contributed by atoms with Crippen LogP contribution in [-0.4, -0.2) is 4.57 Å². The van der Waals surface area contributed by atoms with Crippen molar-refractivity contribution >= 4 is 44.3 Å². The summed E-state index contributed by atoms with van der Waals surface area (Å²) in [5.41, 5.74) is 11.3. The minimum Gasteiger partial charge on any atom is -0.309 e. The fourth-order valence-corrected chi connectivity index (χ4v) is 7.80. The molecule has 0 radical (unpaired) electrons. The molecule has 1 aliphatic rings. The lowest BCUT2D eigenvalue weighted by Crippen LogP contribution is -1.95. The molecule has 0 bridgehead atoms. The molecule has 1 nitrogen and oxygen atoms in total. The number of hydrogen-bond donors (Lipinski definition) is 0. The number of para-hydroxylation sites is 2. The van der Waals surface area contributed by atoms with Crippen molar-refractivity contribution in [3.63, 3.8) is 0 Å². The molecule has 0 aliphatic carbocycles. The number of benzene rings is 7. The highest BCUT2D eigenvalue weighted by atomic mass is 32.2. The highest BCUT2D eigenvalue weighted by molar-refractivity contribution is 7.99. The summed E-state index contributed by atoms with van der Waals surface area (Å²) in [7, 11) is 0. The molecule has 0 unspecified atom stereocenters. The van der Waals surface area contributed by atoms with Crippen molar-refractivity contribution in [2.45, 2.75) is 9.79 Å². The standard InChI is InChI=1S/C40H25NS/c1-3-10-26(11-4-1)27-19-22-38-35(24-27)34-16-9-15-33-30(21-23-39(42-38)40(33)34)28-18-20-32-31-14-7-8-17-36(31)41(37(32)25-28)29-12-5-2-6-13-29/h1-25H. The summed E-state index contributed by atoms with van der Waals surface area (Å²) in [6.07, 6.45) is 0. The third-order valence-corrected chi connectivity index (χ3v) is 9.73. The molecule has 42 heavy (non-hydrogen) atoms. The Bertz CT molecular complexity index is 2310. The second-order valence-corrected chi connectivity index (χ2v) is 12.0. The lowest BCUT2D eigenvalue weighted by Gasteiger charge is -2.22. The normalized spacial score (nSPS) is 12.2. The Morgan fingerprint density at radius 2 is 1.10 bits per heavy atom. The van der Waals surface area contributed by atoms with E-state index >= 15 is 0 Å². The van der Waals surface area contributed by atoms with Crippen molar-refractivity contribution < 1.29 is 0 Å². The van der Waals surface area contributed by atoms with Gasteiger partial charge in [0.15, 0.2) is 0 Å². The van der Waals surface area contributed by atoms with Crippen LogP contribution in [0.1, 0.15) is 0 Å². The van der Waals surface area contributed by atoms with Gasteiger partial charge < -0.3 is 4.57 Å². The summed E-state index contributed by atoms with van der Waals surface area (Å²) >= 11 is 1.88. The van der Waals surface area contributed by atoms with E-state index in [4.69, 9.17) is 0 Å². The summed E-state index contributed by atoms with van der Waals surface area (Å²) in [5, 5.41) is 5.21. The zero-order chi connectivity index (χ0) is 27.6. The average molecular weight is 552 g/mol. The Morgan fingerprint density at radius 3 is 1.98 bits per heavy atom. The van der Waals surface area contributed by atoms with Crippen LogP contribution in [0.3, 0.4) is 0 Å². The van der Waals surface area contributed by atoms with Gasteiger partial charge in [0, 0.05) is 31.6 Å². The molecular formula is C40H25NS. The highest BCUT2D eigenvalue weighted by Gasteiger charge is 2.22. The molecule has 2 heterocycles. The van der Waals surface area contributed by atoms with Gasteiger partial charge in [-0.2, -0.15) is 0 Å². The third kappa shape index (κ3) is 3.52. The van der Waals surface area contributed by atoms with Crippen molar-refractivity contribution in [3.05, 3.63) is 152 Å². The van der Waals surface area contributed by atoms with Crippen LogP contribution in [0.25, 0.3) is 71.6 Å². The van der Waals surface area contributed by atoms with Crippen LogP contribution in [0.4, 0.5) is 0 Å². The fraction of sp³-hybridized carbons (Fsp3) is 0. The fourth-order valence-electron chi connectivity index (χ4n) is 6.69. The van der Waals surface area contributed by atoms with E-state index < -0.39 is 0 Å². The van der Waals surface area contributed by atoms with Gasteiger partial charge in [-0.15, -0.1) is 0 Å². The number of rotatable bonds is 3. The molecule has 0 amide bonds. The first-order valence-electron chi connectivity index (χ1n) is 14.4. The SMILES string of the molecule is c1ccc(-c2ccc3c(c2)-c2cccc4c(-c5ccc6c7ccccc7n(-c7ccccc7)c6c5)ccc(c24)S3)cc1. The maximum atomic E-state index is 2.40. The van der Waals surface area contributed by atoms with Crippen molar-refractivity contribution in [2.24, 2.45) is 0 Å². The van der Waals surface area contributed by atoms with E-state index in [1.807, 2.05) is 11.8 Å². The molecule has 8 aromatic rings. The van der Waals surface area contributed by atoms with Gasteiger partial charge in [0.05, 0.1) is 11.0 Å². The van der Waals surface area contributed by atoms with Gasteiger partial charge in [-0.05, 0) is 81.2 Å². The van der Waals surface area contributed by atoms with Crippen LogP contribution >= 0.6 is 11.8 Å². The minimum atomic E-state index is 1.18. The Balaban J connectivity index is 1.27. The highest BCUT2D eigenvalue weighted by Crippen LogP contribution is 2.50. The molecule has 0 N–H and O–H groups in total. The van der Waals surface area contributed by atoms with Crippen LogP contribution in [0.2, 0.25) is 0 Å². The van der Waals surface area contributed by atoms with Crippen LogP contribution in [0.5, 0.6) is 0 Å². The van der Waals surface area contributed by atoms with Gasteiger partial charge in [0.2, 0.25) is 0 Å². The van der Waals surface area contributed by atoms with E-state index in [-0.39, 0.29) is 0 Å². The Labute approximate surface area is 248 Å². The van der Waals surface area contributed by atoms with E-state index in [1.165, 1.54) is 81.4 Å². The zero-order valence-electron chi connectivity index (χ0n) is 22.8. The number of nitrogens with zero attached hydrogens (tertiary/aromatic N) is 1. The molecule has 9 rings (SSSR count). The van der Waals surface area contributed by atoms with E-state index in [0.717, 1.165) is 0 Å². The number of fused-ring (bicyclic) bond motifs is 5. The Hall–Kier alpha value is -5.05. The molecule has 2 heteroatoms. The molecule has 0 saturated heterocycles. The summed E-state index contributed by atoms with van der Waals surface area (Å²) in [6, 6.07) is 55.4. The smallest absolute Gasteiger partial charge is 0.0547 e. The first-order chi connectivity index (χ1) is 20.8. The molecule has 1 aliphatic heterocycles. The predicted molar refractivity (Wildman–Crippen MR) is 179 cm³/mol. The summed E-state index contributed by atoms with van der Waals surface area (Å²) in [4.78, 5) is 2.64. The van der Waals surface area contributed by atoms with Gasteiger partial charge in [0.25, 0.3) is 0 Å². The molecule has 0 saturated carbocycles. The van der Waals surface area contributed by atoms with E-state index in [9.17, 15) is 0 Å². The van der Waals surface area contributed by atoms with Crippen LogP contribution in [0.15, 0.2) is 161 Å². The van der Waals surface area contributed by atoms with E-state index in [0.29, 0.717) is 0 Å². The maximum Gasteiger partial charge on any atom is 0.0547 e. The lowest BCUT2D eigenvalue weighted by molar-refractivity contribution is 1.18. The number of hydrogen-bond acceptors (Lipinski definition) is 1. The Kier molecular flexibility index (Phi) is 5.20. The van der Waals surface area contributed by atoms with Crippen molar-refractivity contribution in [3.8, 4) is 39.1 Å². The summed E-state index contributed by atoms with van der Waals surface area (Å²) in [5.74, 6) is 0. The molecular weight excluding hydrogens is 527 g/mol. The summed E-state index contributed by atoms with van der Waals surface area (Å²) in [6.45, 7) is 0. The number of aromatic nitrogens is 1. The first-order valence-corrected chi connectivity index (χ1v) is 15.2. The lowest BCUT2D eigenvalue weighted by atomic mass is 9.91. The average Bonchev–Trinajstić information content (AvgIpc) is 3.39.